The number of hydrogen-bond donors (Lipinski definition) is 0. The number of hydrogen-bond acceptors (Lipinski definition) is 2. The molecule has 0 saturated heterocycles. The van der Waals surface area contributed by atoms with Crippen LogP contribution in [0.15, 0.2) is 0 Å². The van der Waals surface area contributed by atoms with Crippen molar-refractivity contribution in [3.8, 4) is 0 Å². The Bertz CT molecular complexity index is 65.5. The molecule has 0 aliphatic heterocycles. The second-order valence-corrected chi connectivity index (χ2v) is 14.4. The van der Waals surface area contributed by atoms with Gasteiger partial charge in [0.2, 0.25) is 0 Å². The Hall–Kier alpha value is 0.790. The molecular formula is C6H16HfO2. The fourth-order valence-electron chi connectivity index (χ4n) is 0.737. The van der Waals surface area contributed by atoms with E-state index in [1.807, 2.05) is 13.8 Å². The first kappa shape index (κ1) is 9.79. The standard InChI is InChI=1S/2C2H5O.2CH3.Hf/c2*1-2-3;;;/h2*2H2,1H3;2*1H3;/q2*-1;;;+2. The maximum absolute atomic E-state index is 5.47. The molecule has 0 bridgehead atoms. The molecule has 56 valence electrons. The average Bonchev–Trinajstić information content (AvgIpc) is 1.64. The van der Waals surface area contributed by atoms with Crippen LogP contribution in [0, 0.1) is 0 Å². The molecule has 2 nitrogen and oxygen atoms in total. The Morgan fingerprint density at radius 3 is 1.56 bits per heavy atom. The monoisotopic (exact) mass is 300 g/mol. The summed E-state index contributed by atoms with van der Waals surface area (Å²) in [5, 5.41) is 0. The van der Waals surface area contributed by atoms with E-state index in [4.69, 9.17) is 5.71 Å². The first-order valence-electron chi connectivity index (χ1n) is 3.40. The van der Waals surface area contributed by atoms with Crippen molar-refractivity contribution in [1.29, 1.82) is 0 Å². The van der Waals surface area contributed by atoms with Crippen molar-refractivity contribution in [3.63, 3.8) is 0 Å². The van der Waals surface area contributed by atoms with Gasteiger partial charge in [-0.25, -0.2) is 0 Å². The molecule has 0 aliphatic carbocycles. The summed E-state index contributed by atoms with van der Waals surface area (Å²) in [5.41, 5.74) is 0. The number of rotatable bonds is 4. The predicted octanol–water partition coefficient (Wildman–Crippen LogP) is 2.14. The Kier molecular flexibility index (Phi) is 4.98. The zero-order valence-corrected chi connectivity index (χ0v) is 10.3. The molecule has 0 heterocycles. The van der Waals surface area contributed by atoms with Crippen LogP contribution in [0.3, 0.4) is 0 Å². The first-order valence-corrected chi connectivity index (χ1v) is 13.5. The molecule has 0 rings (SSSR count). The Morgan fingerprint density at radius 2 is 1.33 bits per heavy atom. The van der Waals surface area contributed by atoms with Crippen molar-refractivity contribution in [3.05, 3.63) is 0 Å². The third-order valence-electron chi connectivity index (χ3n) is 0.984. The molecule has 0 spiro atoms. The molecule has 0 unspecified atom stereocenters. The van der Waals surface area contributed by atoms with E-state index < -0.39 is 20.8 Å². The van der Waals surface area contributed by atoms with Crippen molar-refractivity contribution in [2.75, 3.05) is 13.2 Å². The zero-order chi connectivity index (χ0) is 7.33. The molecule has 0 aromatic rings. The fourth-order valence-corrected chi connectivity index (χ4v) is 6.03. The summed E-state index contributed by atoms with van der Waals surface area (Å²) >= 11 is -2.49. The molecule has 0 saturated carbocycles. The SMILES string of the molecule is CC[O][Hf]([CH3])([CH3])[O]CC. The van der Waals surface area contributed by atoms with Crippen LogP contribution in [0.1, 0.15) is 13.8 Å². The summed E-state index contributed by atoms with van der Waals surface area (Å²) in [4.78, 5) is 0. The topological polar surface area (TPSA) is 18.5 Å². The first-order chi connectivity index (χ1) is 4.12. The average molecular weight is 299 g/mol. The Balaban J connectivity index is 3.43. The molecule has 0 radical (unpaired) electrons. The quantitative estimate of drug-likeness (QED) is 0.740. The third-order valence-corrected chi connectivity index (χ3v) is 8.05. The van der Waals surface area contributed by atoms with Crippen LogP contribution in [0.2, 0.25) is 9.36 Å². The van der Waals surface area contributed by atoms with Gasteiger partial charge in [0, 0.05) is 0 Å². The summed E-state index contributed by atoms with van der Waals surface area (Å²) in [6.45, 7) is 5.63. The summed E-state index contributed by atoms with van der Waals surface area (Å²) in [5.74, 6) is 0. The van der Waals surface area contributed by atoms with Crippen LogP contribution in [0.25, 0.3) is 0 Å². The van der Waals surface area contributed by atoms with Gasteiger partial charge in [-0.05, 0) is 0 Å². The maximum atomic E-state index is 5.47. The van der Waals surface area contributed by atoms with Crippen molar-refractivity contribution in [1.82, 2.24) is 0 Å². The van der Waals surface area contributed by atoms with Gasteiger partial charge >= 0.3 is 63.0 Å². The van der Waals surface area contributed by atoms with Gasteiger partial charge in [-0.2, -0.15) is 0 Å². The van der Waals surface area contributed by atoms with Gasteiger partial charge in [0.25, 0.3) is 0 Å². The van der Waals surface area contributed by atoms with Crippen molar-refractivity contribution < 1.29 is 26.6 Å². The Labute approximate surface area is 63.1 Å². The molecular weight excluding hydrogens is 283 g/mol. The van der Waals surface area contributed by atoms with Gasteiger partial charge in [-0.3, -0.25) is 0 Å². The molecule has 0 atom stereocenters. The normalized spacial score (nSPS) is 12.0. The van der Waals surface area contributed by atoms with E-state index in [-0.39, 0.29) is 0 Å². The minimum absolute atomic E-state index is 0.800. The van der Waals surface area contributed by atoms with Crippen molar-refractivity contribution in [2.45, 2.75) is 23.2 Å². The van der Waals surface area contributed by atoms with Gasteiger partial charge in [0.15, 0.2) is 0 Å². The molecule has 0 N–H and O–H groups in total. The van der Waals surface area contributed by atoms with Gasteiger partial charge < -0.3 is 0 Å². The zero-order valence-electron chi connectivity index (χ0n) is 6.73. The summed E-state index contributed by atoms with van der Waals surface area (Å²) < 4.78 is 15.2. The van der Waals surface area contributed by atoms with Crippen LogP contribution in [-0.2, 0) is 26.6 Å². The van der Waals surface area contributed by atoms with Crippen LogP contribution < -0.4 is 0 Å². The van der Waals surface area contributed by atoms with E-state index >= 15 is 0 Å². The Morgan fingerprint density at radius 1 is 1.00 bits per heavy atom. The van der Waals surface area contributed by atoms with Crippen LogP contribution in [-0.4, -0.2) is 13.2 Å². The molecule has 0 fully saturated rings. The second kappa shape index (κ2) is 4.58. The predicted molar refractivity (Wildman–Crippen MR) is 35.0 cm³/mol. The molecule has 0 amide bonds. The van der Waals surface area contributed by atoms with Crippen LogP contribution in [0.4, 0.5) is 0 Å². The summed E-state index contributed by atoms with van der Waals surface area (Å²) in [7, 11) is 0. The van der Waals surface area contributed by atoms with E-state index in [9.17, 15) is 0 Å². The summed E-state index contributed by atoms with van der Waals surface area (Å²) in [6, 6.07) is 0. The van der Waals surface area contributed by atoms with Crippen molar-refractivity contribution >= 4 is 0 Å². The molecule has 0 aromatic carbocycles. The van der Waals surface area contributed by atoms with Gasteiger partial charge in [-0.1, -0.05) is 0 Å². The third kappa shape index (κ3) is 5.25. The van der Waals surface area contributed by atoms with E-state index in [2.05, 4.69) is 9.36 Å². The molecule has 9 heavy (non-hydrogen) atoms. The van der Waals surface area contributed by atoms with Crippen LogP contribution in [0.5, 0.6) is 0 Å². The fraction of sp³-hybridized carbons (Fsp3) is 1.00. The second-order valence-electron chi connectivity index (χ2n) is 2.27. The van der Waals surface area contributed by atoms with E-state index in [0.29, 0.717) is 0 Å². The van der Waals surface area contributed by atoms with E-state index in [1.54, 1.807) is 0 Å². The molecule has 0 aliphatic rings. The summed E-state index contributed by atoms with van der Waals surface area (Å²) in [6.07, 6.45) is 0. The van der Waals surface area contributed by atoms with E-state index in [0.717, 1.165) is 13.2 Å². The molecule has 0 aromatic heterocycles. The minimum atomic E-state index is -2.49. The molecule has 3 heteroatoms. The van der Waals surface area contributed by atoms with E-state index in [1.165, 1.54) is 0 Å². The van der Waals surface area contributed by atoms with Gasteiger partial charge in [0.05, 0.1) is 0 Å². The van der Waals surface area contributed by atoms with Crippen molar-refractivity contribution in [2.24, 2.45) is 0 Å². The van der Waals surface area contributed by atoms with Crippen LogP contribution >= 0.6 is 0 Å². The van der Waals surface area contributed by atoms with Gasteiger partial charge in [0.1, 0.15) is 0 Å². The van der Waals surface area contributed by atoms with Gasteiger partial charge in [-0.15, -0.1) is 0 Å².